The highest BCUT2D eigenvalue weighted by atomic mass is 16.5. The second-order valence-corrected chi connectivity index (χ2v) is 6.55. The largest absolute Gasteiger partial charge is 0.396 e. The average molecular weight is 322 g/mol. The minimum Gasteiger partial charge on any atom is -0.396 e. The van der Waals surface area contributed by atoms with Crippen LogP contribution in [0, 0.1) is 6.92 Å². The Morgan fingerprint density at radius 3 is 3.13 bits per heavy atom. The second-order valence-electron chi connectivity index (χ2n) is 6.55. The van der Waals surface area contributed by atoms with Gasteiger partial charge in [0.1, 0.15) is 0 Å². The third-order valence-corrected chi connectivity index (χ3v) is 4.65. The molecule has 7 heteroatoms. The highest BCUT2D eigenvalue weighted by molar-refractivity contribution is 5.76. The Hall–Kier alpha value is -1.44. The number of fused-ring (bicyclic) bond motifs is 1. The van der Waals surface area contributed by atoms with Gasteiger partial charge in [0.15, 0.2) is 0 Å². The SMILES string of the molecule is Cc1ccn(CCC(=O)N[C@H]2C[C@H]3CO[C@@H](CCO)CN3C2)n1. The number of rotatable bonds is 6. The van der Waals surface area contributed by atoms with E-state index in [1.54, 1.807) is 4.68 Å². The summed E-state index contributed by atoms with van der Waals surface area (Å²) in [6, 6.07) is 2.53. The summed E-state index contributed by atoms with van der Waals surface area (Å²) in [4.78, 5) is 14.5. The number of aryl methyl sites for hydroxylation is 2. The molecule has 2 N–H and O–H groups in total. The first-order valence-electron chi connectivity index (χ1n) is 8.40. The summed E-state index contributed by atoms with van der Waals surface area (Å²) in [7, 11) is 0. The molecule has 1 aromatic heterocycles. The molecule has 128 valence electrons. The van der Waals surface area contributed by atoms with Crippen molar-refractivity contribution in [2.75, 3.05) is 26.3 Å². The van der Waals surface area contributed by atoms with E-state index in [0.29, 0.717) is 32.0 Å². The fourth-order valence-electron chi connectivity index (χ4n) is 3.47. The Morgan fingerprint density at radius 2 is 2.39 bits per heavy atom. The van der Waals surface area contributed by atoms with Crippen LogP contribution in [0.4, 0.5) is 0 Å². The van der Waals surface area contributed by atoms with Crippen molar-refractivity contribution in [1.29, 1.82) is 0 Å². The molecule has 0 radical (unpaired) electrons. The first-order chi connectivity index (χ1) is 11.1. The normalized spacial score (nSPS) is 27.8. The van der Waals surface area contributed by atoms with Crippen molar-refractivity contribution in [2.24, 2.45) is 0 Å². The van der Waals surface area contributed by atoms with E-state index in [1.165, 1.54) is 0 Å². The monoisotopic (exact) mass is 322 g/mol. The van der Waals surface area contributed by atoms with Crippen LogP contribution in [0.1, 0.15) is 25.0 Å². The highest BCUT2D eigenvalue weighted by Gasteiger charge is 2.37. The van der Waals surface area contributed by atoms with Crippen molar-refractivity contribution in [1.82, 2.24) is 20.0 Å². The molecule has 2 aliphatic rings. The lowest BCUT2D eigenvalue weighted by Gasteiger charge is -2.34. The number of carbonyl (C=O) groups is 1. The summed E-state index contributed by atoms with van der Waals surface area (Å²) >= 11 is 0. The van der Waals surface area contributed by atoms with Crippen LogP contribution >= 0.6 is 0 Å². The number of hydrogen-bond acceptors (Lipinski definition) is 5. The molecule has 3 atom stereocenters. The van der Waals surface area contributed by atoms with Gasteiger partial charge in [0.05, 0.1) is 18.4 Å². The Balaban J connectivity index is 1.41. The second kappa shape index (κ2) is 7.42. The lowest BCUT2D eigenvalue weighted by atomic mass is 10.1. The van der Waals surface area contributed by atoms with E-state index in [0.717, 1.165) is 25.2 Å². The van der Waals surface area contributed by atoms with Crippen LogP contribution in [-0.4, -0.2) is 70.2 Å². The smallest absolute Gasteiger partial charge is 0.222 e. The number of aliphatic hydroxyl groups excluding tert-OH is 1. The van der Waals surface area contributed by atoms with E-state index in [1.807, 2.05) is 19.2 Å². The Bertz CT molecular complexity index is 533. The van der Waals surface area contributed by atoms with Gasteiger partial charge in [-0.3, -0.25) is 14.4 Å². The molecular formula is C16H26N4O3. The van der Waals surface area contributed by atoms with Gasteiger partial charge in [-0.05, 0) is 25.8 Å². The number of nitrogens with one attached hydrogen (secondary N) is 1. The molecule has 0 bridgehead atoms. The zero-order valence-corrected chi connectivity index (χ0v) is 13.6. The molecule has 0 saturated carbocycles. The summed E-state index contributed by atoms with van der Waals surface area (Å²) in [5.41, 5.74) is 0.968. The zero-order chi connectivity index (χ0) is 16.2. The number of aromatic nitrogens is 2. The Kier molecular flexibility index (Phi) is 5.30. The van der Waals surface area contributed by atoms with Gasteiger partial charge in [0, 0.05) is 50.9 Å². The molecule has 3 rings (SSSR count). The molecule has 1 aromatic rings. The molecule has 2 saturated heterocycles. The minimum atomic E-state index is 0.0795. The van der Waals surface area contributed by atoms with E-state index in [9.17, 15) is 4.79 Å². The maximum absolute atomic E-state index is 12.1. The van der Waals surface area contributed by atoms with Crippen LogP contribution < -0.4 is 5.32 Å². The predicted molar refractivity (Wildman–Crippen MR) is 84.9 cm³/mol. The van der Waals surface area contributed by atoms with E-state index < -0.39 is 0 Å². The van der Waals surface area contributed by atoms with Crippen LogP contribution in [0.5, 0.6) is 0 Å². The molecule has 0 aliphatic carbocycles. The van der Waals surface area contributed by atoms with Crippen molar-refractivity contribution in [3.63, 3.8) is 0 Å². The number of nitrogens with zero attached hydrogens (tertiary/aromatic N) is 3. The molecule has 0 spiro atoms. The van der Waals surface area contributed by atoms with Gasteiger partial charge in [-0.15, -0.1) is 0 Å². The predicted octanol–water partition coefficient (Wildman–Crippen LogP) is -0.0781. The number of aliphatic hydroxyl groups is 1. The van der Waals surface area contributed by atoms with Gasteiger partial charge in [-0.25, -0.2) is 0 Å². The molecular weight excluding hydrogens is 296 g/mol. The highest BCUT2D eigenvalue weighted by Crippen LogP contribution is 2.24. The van der Waals surface area contributed by atoms with Crippen LogP contribution in [0.25, 0.3) is 0 Å². The fraction of sp³-hybridized carbons (Fsp3) is 0.750. The van der Waals surface area contributed by atoms with Gasteiger partial charge in [-0.2, -0.15) is 5.10 Å². The summed E-state index contributed by atoms with van der Waals surface area (Å²) in [6.07, 6.45) is 4.10. The minimum absolute atomic E-state index is 0.0795. The summed E-state index contributed by atoms with van der Waals surface area (Å²) in [5.74, 6) is 0.0795. The summed E-state index contributed by atoms with van der Waals surface area (Å²) < 4.78 is 7.57. The Morgan fingerprint density at radius 1 is 1.52 bits per heavy atom. The Labute approximate surface area is 136 Å². The third-order valence-electron chi connectivity index (χ3n) is 4.65. The lowest BCUT2D eigenvalue weighted by molar-refractivity contribution is -0.122. The van der Waals surface area contributed by atoms with Crippen LogP contribution in [-0.2, 0) is 16.1 Å². The van der Waals surface area contributed by atoms with Gasteiger partial charge in [0.25, 0.3) is 0 Å². The lowest BCUT2D eigenvalue weighted by Crippen LogP contribution is -2.46. The van der Waals surface area contributed by atoms with Gasteiger partial charge in [-0.1, -0.05) is 0 Å². The van der Waals surface area contributed by atoms with Crippen LogP contribution in [0.2, 0.25) is 0 Å². The van der Waals surface area contributed by atoms with Gasteiger partial charge in [0.2, 0.25) is 5.91 Å². The molecule has 0 unspecified atom stereocenters. The average Bonchev–Trinajstić information content (AvgIpc) is 3.10. The van der Waals surface area contributed by atoms with Gasteiger partial charge < -0.3 is 15.2 Å². The molecule has 1 amide bonds. The molecule has 2 aliphatic heterocycles. The number of hydrogen-bond donors (Lipinski definition) is 2. The van der Waals surface area contributed by atoms with Gasteiger partial charge >= 0.3 is 0 Å². The maximum Gasteiger partial charge on any atom is 0.222 e. The van der Waals surface area contributed by atoms with E-state index in [2.05, 4.69) is 15.3 Å². The van der Waals surface area contributed by atoms with E-state index >= 15 is 0 Å². The zero-order valence-electron chi connectivity index (χ0n) is 13.6. The van der Waals surface area contributed by atoms with Crippen molar-refractivity contribution < 1.29 is 14.6 Å². The summed E-state index contributed by atoms with van der Waals surface area (Å²) in [5, 5.41) is 16.4. The van der Waals surface area contributed by atoms with E-state index in [4.69, 9.17) is 9.84 Å². The summed E-state index contributed by atoms with van der Waals surface area (Å²) in [6.45, 7) is 5.14. The number of morpholine rings is 1. The maximum atomic E-state index is 12.1. The number of amides is 1. The molecule has 7 nitrogen and oxygen atoms in total. The molecule has 0 aromatic carbocycles. The van der Waals surface area contributed by atoms with Crippen LogP contribution in [0.3, 0.4) is 0 Å². The van der Waals surface area contributed by atoms with Crippen LogP contribution in [0.15, 0.2) is 12.3 Å². The molecule has 2 fully saturated rings. The number of carbonyl (C=O) groups excluding carboxylic acids is 1. The van der Waals surface area contributed by atoms with E-state index in [-0.39, 0.29) is 24.7 Å². The standard InChI is InChI=1S/C16H26N4O3/c1-12-2-5-20(18-12)6-3-16(22)17-13-8-14-11-23-15(4-7-21)10-19(14)9-13/h2,5,13-15,21H,3-4,6-11H2,1H3,(H,17,22)/t13-,14-,15-/m0/s1. The van der Waals surface area contributed by atoms with Crippen molar-refractivity contribution >= 4 is 5.91 Å². The third kappa shape index (κ3) is 4.31. The van der Waals surface area contributed by atoms with Crippen molar-refractivity contribution in [2.45, 2.75) is 50.9 Å². The first kappa shape index (κ1) is 16.4. The number of ether oxygens (including phenoxy) is 1. The van der Waals surface area contributed by atoms with Crippen molar-refractivity contribution in [3.8, 4) is 0 Å². The van der Waals surface area contributed by atoms with Crippen molar-refractivity contribution in [3.05, 3.63) is 18.0 Å². The molecule has 23 heavy (non-hydrogen) atoms. The molecule has 3 heterocycles. The quantitative estimate of drug-likeness (QED) is 0.766. The fourth-order valence-corrected chi connectivity index (χ4v) is 3.47. The first-order valence-corrected chi connectivity index (χ1v) is 8.40. The topological polar surface area (TPSA) is 79.6 Å².